The Morgan fingerprint density at radius 1 is 1.00 bits per heavy atom. The van der Waals surface area contributed by atoms with E-state index >= 15 is 0 Å². The summed E-state index contributed by atoms with van der Waals surface area (Å²) in [6, 6.07) is 21.4. The third kappa shape index (κ3) is 4.84. The highest BCUT2D eigenvalue weighted by Crippen LogP contribution is 2.32. The monoisotopic (exact) mass is 413 g/mol. The van der Waals surface area contributed by atoms with Crippen molar-refractivity contribution >= 4 is 23.0 Å². The average molecular weight is 413 g/mol. The van der Waals surface area contributed by atoms with Crippen molar-refractivity contribution in [3.8, 4) is 22.4 Å². The fourth-order valence-electron chi connectivity index (χ4n) is 3.18. The third-order valence-electron chi connectivity index (χ3n) is 4.88. The van der Waals surface area contributed by atoms with Crippen molar-refractivity contribution in [3.63, 3.8) is 0 Å². The molecule has 2 aromatic carbocycles. The summed E-state index contributed by atoms with van der Waals surface area (Å²) in [5, 5.41) is 14.9. The number of hydrogen-bond donors (Lipinski definition) is 3. The Bertz CT molecular complexity index is 1180. The van der Waals surface area contributed by atoms with Crippen molar-refractivity contribution in [2.24, 2.45) is 0 Å². The fraction of sp³-hybridized carbons (Fsp3) is 0.167. The number of urea groups is 1. The van der Waals surface area contributed by atoms with Crippen LogP contribution in [0.5, 0.6) is 0 Å². The Morgan fingerprint density at radius 2 is 1.68 bits per heavy atom. The molecule has 0 saturated heterocycles. The van der Waals surface area contributed by atoms with Crippen LogP contribution in [0.3, 0.4) is 0 Å². The summed E-state index contributed by atoms with van der Waals surface area (Å²) in [5.41, 5.74) is 4.82. The molecule has 0 radical (unpaired) electrons. The van der Waals surface area contributed by atoms with Crippen molar-refractivity contribution in [1.29, 1.82) is 0 Å². The van der Waals surface area contributed by atoms with Gasteiger partial charge >= 0.3 is 6.03 Å². The maximum Gasteiger partial charge on any atom is 0.320 e. The van der Waals surface area contributed by atoms with E-state index in [2.05, 4.69) is 20.6 Å². The van der Waals surface area contributed by atoms with E-state index in [-0.39, 0.29) is 6.54 Å². The molecule has 0 aliphatic heterocycles. The molecule has 0 bridgehead atoms. The van der Waals surface area contributed by atoms with Gasteiger partial charge in [0.1, 0.15) is 5.52 Å². The van der Waals surface area contributed by atoms with Crippen LogP contribution < -0.4 is 10.6 Å². The maximum atomic E-state index is 12.1. The van der Waals surface area contributed by atoms with Gasteiger partial charge in [-0.1, -0.05) is 67.6 Å². The molecule has 7 heteroatoms. The Hall–Kier alpha value is -3.84. The van der Waals surface area contributed by atoms with Gasteiger partial charge in [-0.05, 0) is 18.1 Å². The minimum atomic E-state index is -0.581. The van der Waals surface area contributed by atoms with E-state index in [0.717, 1.165) is 22.4 Å². The molecule has 2 aromatic heterocycles. The summed E-state index contributed by atoms with van der Waals surface area (Å²) in [7, 11) is 0. The zero-order valence-electron chi connectivity index (χ0n) is 17.1. The molecule has 7 nitrogen and oxygen atoms in total. The molecule has 31 heavy (non-hydrogen) atoms. The zero-order chi connectivity index (χ0) is 21.6. The molecular formula is C24H23N5O2. The second-order valence-corrected chi connectivity index (χ2v) is 7.11. The number of carbonyl (C=O) groups is 1. The highest BCUT2D eigenvalue weighted by atomic mass is 16.3. The first-order chi connectivity index (χ1) is 15.1. The van der Waals surface area contributed by atoms with Crippen LogP contribution >= 0.6 is 0 Å². The predicted octanol–water partition coefficient (Wildman–Crippen LogP) is 4.25. The lowest BCUT2D eigenvalue weighted by atomic mass is 9.99. The lowest BCUT2D eigenvalue weighted by molar-refractivity contribution is 0.168. The van der Waals surface area contributed by atoms with Crippen LogP contribution in [0, 0.1) is 0 Å². The number of aromatic nitrogens is 3. The third-order valence-corrected chi connectivity index (χ3v) is 4.88. The van der Waals surface area contributed by atoms with Gasteiger partial charge in [-0.15, -0.1) is 0 Å². The van der Waals surface area contributed by atoms with Crippen molar-refractivity contribution in [2.75, 3.05) is 11.9 Å². The van der Waals surface area contributed by atoms with Gasteiger partial charge in [0.15, 0.2) is 11.5 Å². The molecule has 0 aliphatic rings. The van der Waals surface area contributed by atoms with E-state index in [1.54, 1.807) is 0 Å². The normalized spacial score (nSPS) is 11.8. The highest BCUT2D eigenvalue weighted by molar-refractivity contribution is 5.91. The largest absolute Gasteiger partial charge is 0.391 e. The number of benzene rings is 2. The molecule has 2 heterocycles. The smallest absolute Gasteiger partial charge is 0.320 e. The van der Waals surface area contributed by atoms with Gasteiger partial charge < -0.3 is 10.4 Å². The van der Waals surface area contributed by atoms with Gasteiger partial charge in [0, 0.05) is 17.7 Å². The van der Waals surface area contributed by atoms with E-state index in [0.29, 0.717) is 23.4 Å². The second-order valence-electron chi connectivity index (χ2n) is 7.11. The molecule has 156 valence electrons. The zero-order valence-corrected chi connectivity index (χ0v) is 17.1. The first-order valence-electron chi connectivity index (χ1n) is 10.2. The van der Waals surface area contributed by atoms with Gasteiger partial charge in [-0.3, -0.25) is 5.32 Å². The molecule has 0 aliphatic carbocycles. The van der Waals surface area contributed by atoms with Gasteiger partial charge in [0.25, 0.3) is 0 Å². The van der Waals surface area contributed by atoms with Crippen molar-refractivity contribution in [1.82, 2.24) is 20.3 Å². The average Bonchev–Trinajstić information content (AvgIpc) is 2.82. The van der Waals surface area contributed by atoms with E-state index in [1.807, 2.05) is 73.7 Å². The molecular weight excluding hydrogens is 390 g/mol. The number of rotatable bonds is 6. The van der Waals surface area contributed by atoms with E-state index in [1.165, 1.54) is 6.20 Å². The van der Waals surface area contributed by atoms with Crippen LogP contribution in [-0.2, 0) is 0 Å². The Balaban J connectivity index is 1.70. The number of nitrogens with one attached hydrogen (secondary N) is 2. The molecule has 0 saturated carbocycles. The molecule has 0 spiro atoms. The first kappa shape index (κ1) is 20.4. The van der Waals surface area contributed by atoms with Crippen LogP contribution in [0.25, 0.3) is 33.5 Å². The molecule has 4 rings (SSSR count). The topological polar surface area (TPSA) is 100 Å². The Morgan fingerprint density at radius 3 is 2.35 bits per heavy atom. The molecule has 0 fully saturated rings. The molecule has 4 aromatic rings. The van der Waals surface area contributed by atoms with Crippen molar-refractivity contribution in [2.45, 2.75) is 19.4 Å². The van der Waals surface area contributed by atoms with E-state index < -0.39 is 12.1 Å². The van der Waals surface area contributed by atoms with Gasteiger partial charge in [-0.25, -0.2) is 19.7 Å². The minimum absolute atomic E-state index is 0.170. The van der Waals surface area contributed by atoms with Gasteiger partial charge in [0.2, 0.25) is 0 Å². The lowest BCUT2D eigenvalue weighted by Crippen LogP contribution is -2.35. The molecule has 3 N–H and O–H groups in total. The summed E-state index contributed by atoms with van der Waals surface area (Å²) in [6.07, 6.45) is 1.46. The summed E-state index contributed by atoms with van der Waals surface area (Å²) in [4.78, 5) is 25.8. The van der Waals surface area contributed by atoms with Crippen molar-refractivity contribution < 1.29 is 9.90 Å². The number of hydrogen-bond acceptors (Lipinski definition) is 5. The summed E-state index contributed by atoms with van der Waals surface area (Å²) in [6.45, 7) is 2.02. The Kier molecular flexibility index (Phi) is 6.14. The first-order valence-corrected chi connectivity index (χ1v) is 10.2. The van der Waals surface area contributed by atoms with Gasteiger partial charge in [0.05, 0.1) is 18.0 Å². The number of anilines is 1. The van der Waals surface area contributed by atoms with Crippen LogP contribution in [0.2, 0.25) is 0 Å². The lowest BCUT2D eigenvalue weighted by Gasteiger charge is -2.12. The van der Waals surface area contributed by atoms with Crippen LogP contribution in [0.4, 0.5) is 10.6 Å². The number of amides is 2. The SMILES string of the molecule is CC[C@@H](O)CNC(=O)Nc1cnc2nc(-c3ccccc3)c(-c3ccccc3)cc2n1. The predicted molar refractivity (Wildman–Crippen MR) is 122 cm³/mol. The molecule has 1 atom stereocenters. The number of fused-ring (bicyclic) bond motifs is 1. The van der Waals surface area contributed by atoms with E-state index in [4.69, 9.17) is 4.98 Å². The Labute approximate surface area is 180 Å². The second kappa shape index (κ2) is 9.32. The van der Waals surface area contributed by atoms with Crippen molar-refractivity contribution in [3.05, 3.63) is 72.9 Å². The molecule has 0 unspecified atom stereocenters. The molecule has 2 amide bonds. The summed E-state index contributed by atoms with van der Waals surface area (Å²) in [5.74, 6) is 0.310. The maximum absolute atomic E-state index is 12.1. The fourth-order valence-corrected chi connectivity index (χ4v) is 3.18. The number of aliphatic hydroxyl groups is 1. The standard InChI is InChI=1S/C24H23N5O2/c1-2-18(30)14-26-24(31)28-21-15-25-23-20(27-21)13-19(16-9-5-3-6-10-16)22(29-23)17-11-7-4-8-12-17/h3-13,15,18,30H,2,14H2,1H3,(H2,26,27,28,31)/t18-/m1/s1. The van der Waals surface area contributed by atoms with Gasteiger partial charge in [-0.2, -0.15) is 0 Å². The summed E-state index contributed by atoms with van der Waals surface area (Å²) < 4.78 is 0. The number of carbonyl (C=O) groups excluding carboxylic acids is 1. The summed E-state index contributed by atoms with van der Waals surface area (Å²) >= 11 is 0. The number of aliphatic hydroxyl groups excluding tert-OH is 1. The van der Waals surface area contributed by atoms with Crippen LogP contribution in [-0.4, -0.2) is 38.7 Å². The quantitative estimate of drug-likeness (QED) is 0.439. The van der Waals surface area contributed by atoms with Crippen LogP contribution in [0.15, 0.2) is 72.9 Å². The van der Waals surface area contributed by atoms with Crippen LogP contribution in [0.1, 0.15) is 13.3 Å². The minimum Gasteiger partial charge on any atom is -0.391 e. The highest BCUT2D eigenvalue weighted by Gasteiger charge is 2.14. The number of nitrogens with zero attached hydrogens (tertiary/aromatic N) is 3. The van der Waals surface area contributed by atoms with E-state index in [9.17, 15) is 9.90 Å². The number of pyridine rings is 1.